The standard InChI is InChI=1S/C23H29Cl2N3O3S/c1-17(28(32(2,30)31)22-13-20(24)12-21(25)14-22)23(29)26-15-18-6-8-19(9-7-18)16-27-10-4-3-5-11-27/h6-9,12-14,17H,3-5,10-11,15-16H2,1-2H3,(H,26,29)/t17-/m1/s1. The summed E-state index contributed by atoms with van der Waals surface area (Å²) in [5, 5.41) is 3.41. The SMILES string of the molecule is C[C@H](C(=O)NCc1ccc(CN2CCCCC2)cc1)N(c1cc(Cl)cc(Cl)c1)S(C)(=O)=O. The van der Waals surface area contributed by atoms with Crippen LogP contribution in [0.1, 0.15) is 37.3 Å². The number of nitrogens with zero attached hydrogens (tertiary/aromatic N) is 2. The van der Waals surface area contributed by atoms with Crippen LogP contribution in [0.25, 0.3) is 0 Å². The molecule has 0 spiro atoms. The van der Waals surface area contributed by atoms with E-state index in [1.54, 1.807) is 0 Å². The van der Waals surface area contributed by atoms with Crippen LogP contribution in [0.15, 0.2) is 42.5 Å². The number of rotatable bonds is 8. The van der Waals surface area contributed by atoms with Crippen LogP contribution >= 0.6 is 23.2 Å². The Morgan fingerprint density at radius 1 is 1.03 bits per heavy atom. The predicted octanol–water partition coefficient (Wildman–Crippen LogP) is 4.45. The van der Waals surface area contributed by atoms with Crippen LogP contribution in [0.5, 0.6) is 0 Å². The van der Waals surface area contributed by atoms with Gasteiger partial charge in [0, 0.05) is 23.1 Å². The van der Waals surface area contributed by atoms with Crippen LogP contribution in [0.2, 0.25) is 10.0 Å². The lowest BCUT2D eigenvalue weighted by Crippen LogP contribution is -2.47. The van der Waals surface area contributed by atoms with Crippen LogP contribution in [-0.2, 0) is 27.9 Å². The van der Waals surface area contributed by atoms with Gasteiger partial charge in [0.2, 0.25) is 15.9 Å². The molecule has 2 aromatic carbocycles. The molecule has 1 aliphatic rings. The quantitative estimate of drug-likeness (QED) is 0.584. The molecule has 1 aliphatic heterocycles. The molecule has 0 aromatic heterocycles. The predicted molar refractivity (Wildman–Crippen MR) is 131 cm³/mol. The van der Waals surface area contributed by atoms with E-state index in [1.807, 2.05) is 12.1 Å². The zero-order valence-electron chi connectivity index (χ0n) is 18.4. The third kappa shape index (κ3) is 6.85. The number of halogens is 2. The summed E-state index contributed by atoms with van der Waals surface area (Å²) < 4.78 is 25.9. The second-order valence-electron chi connectivity index (χ2n) is 8.23. The fraction of sp³-hybridized carbons (Fsp3) is 0.435. The maximum atomic E-state index is 12.8. The lowest BCUT2D eigenvalue weighted by Gasteiger charge is -2.28. The number of carbonyl (C=O) groups excluding carboxylic acids is 1. The van der Waals surface area contributed by atoms with Crippen molar-refractivity contribution in [2.45, 2.75) is 45.3 Å². The highest BCUT2D eigenvalue weighted by molar-refractivity contribution is 7.92. The van der Waals surface area contributed by atoms with Crippen LogP contribution < -0.4 is 9.62 Å². The summed E-state index contributed by atoms with van der Waals surface area (Å²) in [6.07, 6.45) is 4.88. The van der Waals surface area contributed by atoms with E-state index < -0.39 is 22.0 Å². The first-order valence-corrected chi connectivity index (χ1v) is 13.3. The molecule has 1 N–H and O–H groups in total. The lowest BCUT2D eigenvalue weighted by molar-refractivity contribution is -0.122. The van der Waals surface area contributed by atoms with Gasteiger partial charge in [0.1, 0.15) is 6.04 Å². The number of nitrogens with one attached hydrogen (secondary N) is 1. The van der Waals surface area contributed by atoms with Crippen LogP contribution in [0.4, 0.5) is 5.69 Å². The maximum absolute atomic E-state index is 12.8. The zero-order valence-corrected chi connectivity index (χ0v) is 20.7. The van der Waals surface area contributed by atoms with Crippen molar-refractivity contribution in [1.29, 1.82) is 0 Å². The molecule has 1 atom stereocenters. The minimum Gasteiger partial charge on any atom is -0.350 e. The van der Waals surface area contributed by atoms with Gasteiger partial charge >= 0.3 is 0 Å². The number of likely N-dealkylation sites (tertiary alicyclic amines) is 1. The molecular formula is C23H29Cl2N3O3S. The first kappa shape index (κ1) is 24.8. The van der Waals surface area contributed by atoms with E-state index in [4.69, 9.17) is 23.2 Å². The normalized spacial score (nSPS) is 15.9. The number of amides is 1. The molecule has 0 aliphatic carbocycles. The molecular weight excluding hydrogens is 469 g/mol. The molecule has 9 heteroatoms. The number of hydrogen-bond donors (Lipinski definition) is 1. The topological polar surface area (TPSA) is 69.7 Å². The van der Waals surface area contributed by atoms with E-state index >= 15 is 0 Å². The molecule has 32 heavy (non-hydrogen) atoms. The van der Waals surface area contributed by atoms with Crippen LogP contribution in [0.3, 0.4) is 0 Å². The number of sulfonamides is 1. The number of anilines is 1. The molecule has 1 saturated heterocycles. The highest BCUT2D eigenvalue weighted by atomic mass is 35.5. The van der Waals surface area contributed by atoms with Gasteiger partial charge in [-0.25, -0.2) is 8.42 Å². The van der Waals surface area contributed by atoms with Crippen molar-refractivity contribution >= 4 is 44.8 Å². The summed E-state index contributed by atoms with van der Waals surface area (Å²) >= 11 is 12.1. The third-order valence-corrected chi connectivity index (χ3v) is 7.21. The van der Waals surface area contributed by atoms with Crippen molar-refractivity contribution in [3.05, 3.63) is 63.6 Å². The first-order chi connectivity index (χ1) is 15.1. The van der Waals surface area contributed by atoms with Crippen molar-refractivity contribution < 1.29 is 13.2 Å². The summed E-state index contributed by atoms with van der Waals surface area (Å²) in [7, 11) is -3.75. The third-order valence-electron chi connectivity index (χ3n) is 5.53. The molecule has 1 amide bonds. The van der Waals surface area contributed by atoms with Crippen molar-refractivity contribution in [3.63, 3.8) is 0 Å². The Kier molecular flexibility index (Phi) is 8.44. The minimum absolute atomic E-state index is 0.245. The monoisotopic (exact) mass is 497 g/mol. The van der Waals surface area contributed by atoms with Gasteiger partial charge in [-0.05, 0) is 62.2 Å². The van der Waals surface area contributed by atoms with E-state index in [9.17, 15) is 13.2 Å². The number of carbonyl (C=O) groups is 1. The Labute approximate surface area is 200 Å². The Morgan fingerprint density at radius 2 is 1.59 bits per heavy atom. The molecule has 1 heterocycles. The van der Waals surface area contributed by atoms with Crippen molar-refractivity contribution in [2.75, 3.05) is 23.7 Å². The van der Waals surface area contributed by atoms with Gasteiger partial charge in [-0.15, -0.1) is 0 Å². The molecule has 0 saturated carbocycles. The smallest absolute Gasteiger partial charge is 0.243 e. The Hall–Kier alpha value is -1.80. The molecule has 0 radical (unpaired) electrons. The Morgan fingerprint density at radius 3 is 2.16 bits per heavy atom. The molecule has 174 valence electrons. The molecule has 6 nitrogen and oxygen atoms in total. The summed E-state index contributed by atoms with van der Waals surface area (Å²) in [6.45, 7) is 5.07. The fourth-order valence-corrected chi connectivity index (χ4v) is 5.62. The van der Waals surface area contributed by atoms with Crippen molar-refractivity contribution in [1.82, 2.24) is 10.2 Å². The molecule has 3 rings (SSSR count). The fourth-order valence-electron chi connectivity index (χ4n) is 3.95. The van der Waals surface area contributed by atoms with Crippen LogP contribution in [0, 0.1) is 0 Å². The van der Waals surface area contributed by atoms with Gasteiger partial charge in [-0.3, -0.25) is 14.0 Å². The van der Waals surface area contributed by atoms with E-state index in [0.29, 0.717) is 16.6 Å². The highest BCUT2D eigenvalue weighted by Crippen LogP contribution is 2.28. The summed E-state index contributed by atoms with van der Waals surface area (Å²) in [5.41, 5.74) is 2.44. The number of benzene rings is 2. The number of hydrogen-bond acceptors (Lipinski definition) is 4. The Bertz CT molecular complexity index is 1020. The second kappa shape index (κ2) is 10.9. The zero-order chi connectivity index (χ0) is 23.3. The molecule has 0 bridgehead atoms. The van der Waals surface area contributed by atoms with Gasteiger partial charge in [0.05, 0.1) is 11.9 Å². The first-order valence-electron chi connectivity index (χ1n) is 10.7. The van der Waals surface area contributed by atoms with Crippen LogP contribution in [-0.4, -0.2) is 44.6 Å². The number of piperidine rings is 1. The largest absolute Gasteiger partial charge is 0.350 e. The lowest BCUT2D eigenvalue weighted by atomic mass is 10.1. The van der Waals surface area contributed by atoms with Gasteiger partial charge in [0.15, 0.2) is 0 Å². The van der Waals surface area contributed by atoms with Gasteiger partial charge in [0.25, 0.3) is 0 Å². The van der Waals surface area contributed by atoms with E-state index in [2.05, 4.69) is 22.3 Å². The molecule has 2 aromatic rings. The highest BCUT2D eigenvalue weighted by Gasteiger charge is 2.29. The van der Waals surface area contributed by atoms with E-state index in [1.165, 1.54) is 49.9 Å². The van der Waals surface area contributed by atoms with E-state index in [-0.39, 0.29) is 5.69 Å². The van der Waals surface area contributed by atoms with Crippen molar-refractivity contribution in [3.8, 4) is 0 Å². The van der Waals surface area contributed by atoms with Gasteiger partial charge < -0.3 is 5.32 Å². The van der Waals surface area contributed by atoms with E-state index in [0.717, 1.165) is 35.8 Å². The van der Waals surface area contributed by atoms with Gasteiger partial charge in [-0.1, -0.05) is 53.9 Å². The summed E-state index contributed by atoms with van der Waals surface area (Å²) in [6, 6.07) is 11.6. The average Bonchev–Trinajstić information content (AvgIpc) is 2.72. The van der Waals surface area contributed by atoms with Crippen molar-refractivity contribution in [2.24, 2.45) is 0 Å². The van der Waals surface area contributed by atoms with Gasteiger partial charge in [-0.2, -0.15) is 0 Å². The summed E-state index contributed by atoms with van der Waals surface area (Å²) in [4.78, 5) is 15.2. The Balaban J connectivity index is 1.63. The molecule has 0 unspecified atom stereocenters. The summed E-state index contributed by atoms with van der Waals surface area (Å²) in [5.74, 6) is -0.413. The maximum Gasteiger partial charge on any atom is 0.243 e. The molecule has 1 fully saturated rings. The second-order valence-corrected chi connectivity index (χ2v) is 11.0. The minimum atomic E-state index is -3.75. The average molecular weight is 498 g/mol.